The third kappa shape index (κ3) is 6.42. The SMILES string of the molecule is CSCC[C@@H](NC(=O)c1cccc(NC(=O)[C@@H](N)CS)c1)C(=O)O. The molecule has 0 spiro atoms. The Bertz CT molecular complexity index is 598. The van der Waals surface area contributed by atoms with E-state index in [9.17, 15) is 14.4 Å². The minimum absolute atomic E-state index is 0.196. The highest BCUT2D eigenvalue weighted by molar-refractivity contribution is 7.98. The van der Waals surface area contributed by atoms with E-state index >= 15 is 0 Å². The summed E-state index contributed by atoms with van der Waals surface area (Å²) < 4.78 is 0. The molecule has 2 atom stereocenters. The lowest BCUT2D eigenvalue weighted by Crippen LogP contribution is -2.41. The largest absolute Gasteiger partial charge is 0.480 e. The van der Waals surface area contributed by atoms with Gasteiger partial charge in [-0.3, -0.25) is 9.59 Å². The van der Waals surface area contributed by atoms with Crippen LogP contribution in [0.15, 0.2) is 24.3 Å². The van der Waals surface area contributed by atoms with E-state index in [-0.39, 0.29) is 11.3 Å². The Labute approximate surface area is 150 Å². The first-order chi connectivity index (χ1) is 11.4. The monoisotopic (exact) mass is 371 g/mol. The molecule has 0 fully saturated rings. The standard InChI is InChI=1S/C15H21N3O4S2/c1-24-6-5-12(15(21)22)18-13(19)9-3-2-4-10(7-9)17-14(20)11(16)8-23/h2-4,7,11-12,23H,5-6,8,16H2,1H3,(H,17,20)(H,18,19)(H,21,22)/t11-,12+/m0/s1. The van der Waals surface area contributed by atoms with Gasteiger partial charge < -0.3 is 21.5 Å². The van der Waals surface area contributed by atoms with Crippen LogP contribution in [-0.2, 0) is 9.59 Å². The van der Waals surface area contributed by atoms with Crippen LogP contribution in [0, 0.1) is 0 Å². The smallest absolute Gasteiger partial charge is 0.326 e. The number of carbonyl (C=O) groups is 3. The molecule has 0 unspecified atom stereocenters. The second-order valence-electron chi connectivity index (χ2n) is 5.00. The van der Waals surface area contributed by atoms with Gasteiger partial charge in [-0.05, 0) is 36.6 Å². The lowest BCUT2D eigenvalue weighted by atomic mass is 10.1. The molecule has 0 radical (unpaired) electrons. The van der Waals surface area contributed by atoms with Gasteiger partial charge >= 0.3 is 5.97 Å². The first-order valence-electron chi connectivity index (χ1n) is 7.19. The van der Waals surface area contributed by atoms with E-state index in [4.69, 9.17) is 10.8 Å². The zero-order valence-corrected chi connectivity index (χ0v) is 14.9. The maximum Gasteiger partial charge on any atom is 0.326 e. The van der Waals surface area contributed by atoms with Gasteiger partial charge in [-0.15, -0.1) is 0 Å². The van der Waals surface area contributed by atoms with Crippen LogP contribution in [0.1, 0.15) is 16.8 Å². The molecule has 9 heteroatoms. The van der Waals surface area contributed by atoms with E-state index in [1.165, 1.54) is 23.9 Å². The van der Waals surface area contributed by atoms with Gasteiger partial charge in [0.05, 0.1) is 6.04 Å². The molecule has 0 saturated carbocycles. The van der Waals surface area contributed by atoms with Gasteiger partial charge in [0.1, 0.15) is 6.04 Å². The fourth-order valence-electron chi connectivity index (χ4n) is 1.79. The van der Waals surface area contributed by atoms with E-state index in [2.05, 4.69) is 23.3 Å². The maximum atomic E-state index is 12.2. The number of rotatable bonds is 9. The first-order valence-corrected chi connectivity index (χ1v) is 9.21. The van der Waals surface area contributed by atoms with Gasteiger partial charge in [0.2, 0.25) is 5.91 Å². The zero-order chi connectivity index (χ0) is 18.1. The molecule has 5 N–H and O–H groups in total. The second-order valence-corrected chi connectivity index (χ2v) is 6.36. The normalized spacial score (nSPS) is 13.0. The molecule has 7 nitrogen and oxygen atoms in total. The van der Waals surface area contributed by atoms with Gasteiger partial charge in [-0.2, -0.15) is 24.4 Å². The summed E-state index contributed by atoms with van der Waals surface area (Å²) in [6.07, 6.45) is 2.19. The van der Waals surface area contributed by atoms with Crippen LogP contribution in [0.4, 0.5) is 5.69 Å². The number of hydrogen-bond acceptors (Lipinski definition) is 6. The summed E-state index contributed by atoms with van der Waals surface area (Å²) >= 11 is 5.46. The number of carboxylic acid groups (broad SMARTS) is 1. The van der Waals surface area contributed by atoms with Gasteiger partial charge in [0, 0.05) is 17.0 Å². The van der Waals surface area contributed by atoms with Crippen LogP contribution in [0.3, 0.4) is 0 Å². The van der Waals surface area contributed by atoms with Crippen LogP contribution in [0.2, 0.25) is 0 Å². The number of hydrogen-bond donors (Lipinski definition) is 5. The van der Waals surface area contributed by atoms with Crippen molar-refractivity contribution in [2.24, 2.45) is 5.73 Å². The first kappa shape index (κ1) is 20.3. The maximum absolute atomic E-state index is 12.2. The van der Waals surface area contributed by atoms with Crippen molar-refractivity contribution in [2.75, 3.05) is 23.1 Å². The highest BCUT2D eigenvalue weighted by Crippen LogP contribution is 2.12. The minimum Gasteiger partial charge on any atom is -0.480 e. The number of aliphatic carboxylic acids is 1. The molecule has 2 amide bonds. The minimum atomic E-state index is -1.08. The van der Waals surface area contributed by atoms with Gasteiger partial charge in [-0.1, -0.05) is 6.07 Å². The van der Waals surface area contributed by atoms with Crippen LogP contribution in [-0.4, -0.2) is 52.7 Å². The molecule has 0 saturated heterocycles. The van der Waals surface area contributed by atoms with Crippen molar-refractivity contribution in [3.05, 3.63) is 29.8 Å². The molecular formula is C15H21N3O4S2. The predicted octanol–water partition coefficient (Wildman–Crippen LogP) is 0.818. The van der Waals surface area contributed by atoms with E-state index < -0.39 is 29.9 Å². The quantitative estimate of drug-likeness (QED) is 0.410. The van der Waals surface area contributed by atoms with Gasteiger partial charge in [0.25, 0.3) is 5.91 Å². The Hall–Kier alpha value is -1.71. The molecule has 0 aliphatic carbocycles. The number of thiol groups is 1. The Balaban J connectivity index is 2.79. The molecule has 0 bridgehead atoms. The number of anilines is 1. The summed E-state index contributed by atoms with van der Waals surface area (Å²) in [6.45, 7) is 0. The lowest BCUT2D eigenvalue weighted by molar-refractivity contribution is -0.139. The molecule has 24 heavy (non-hydrogen) atoms. The molecule has 0 heterocycles. The fraction of sp³-hybridized carbons (Fsp3) is 0.400. The van der Waals surface area contributed by atoms with Crippen molar-refractivity contribution in [2.45, 2.75) is 18.5 Å². The van der Waals surface area contributed by atoms with E-state index in [0.717, 1.165) is 0 Å². The molecule has 0 aromatic heterocycles. The number of amides is 2. The predicted molar refractivity (Wildman–Crippen MR) is 98.8 cm³/mol. The number of thioether (sulfide) groups is 1. The number of nitrogens with two attached hydrogens (primary N) is 1. The van der Waals surface area contributed by atoms with Crippen LogP contribution < -0.4 is 16.4 Å². The highest BCUT2D eigenvalue weighted by Gasteiger charge is 2.20. The molecule has 132 valence electrons. The van der Waals surface area contributed by atoms with Crippen LogP contribution >= 0.6 is 24.4 Å². The molecule has 1 rings (SSSR count). The van der Waals surface area contributed by atoms with Crippen molar-refractivity contribution < 1.29 is 19.5 Å². The third-order valence-electron chi connectivity index (χ3n) is 3.14. The van der Waals surface area contributed by atoms with Crippen molar-refractivity contribution in [3.63, 3.8) is 0 Å². The number of carboxylic acids is 1. The zero-order valence-electron chi connectivity index (χ0n) is 13.2. The Morgan fingerprint density at radius 2 is 2.08 bits per heavy atom. The molecule has 1 aromatic carbocycles. The number of carbonyl (C=O) groups excluding carboxylic acids is 2. The van der Waals surface area contributed by atoms with Crippen LogP contribution in [0.5, 0.6) is 0 Å². The second kappa shape index (κ2) is 10.2. The third-order valence-corrected chi connectivity index (χ3v) is 4.18. The van der Waals surface area contributed by atoms with E-state index in [1.54, 1.807) is 12.1 Å². The van der Waals surface area contributed by atoms with Crippen molar-refractivity contribution in [1.29, 1.82) is 0 Å². The number of benzene rings is 1. The van der Waals surface area contributed by atoms with Crippen LogP contribution in [0.25, 0.3) is 0 Å². The average Bonchev–Trinajstić information content (AvgIpc) is 2.57. The summed E-state index contributed by atoms with van der Waals surface area (Å²) in [5.74, 6) is -1.19. The van der Waals surface area contributed by atoms with Crippen molar-refractivity contribution >= 4 is 47.9 Å². The van der Waals surface area contributed by atoms with E-state index in [1.807, 2.05) is 6.26 Å². The lowest BCUT2D eigenvalue weighted by Gasteiger charge is -2.15. The summed E-state index contributed by atoms with van der Waals surface area (Å²) in [6, 6.07) is 4.49. The van der Waals surface area contributed by atoms with Gasteiger partial charge in [-0.25, -0.2) is 4.79 Å². The van der Waals surface area contributed by atoms with Gasteiger partial charge in [0.15, 0.2) is 0 Å². The fourth-order valence-corrected chi connectivity index (χ4v) is 2.43. The summed E-state index contributed by atoms with van der Waals surface area (Å²) in [5, 5.41) is 14.2. The highest BCUT2D eigenvalue weighted by atomic mass is 32.2. The summed E-state index contributed by atoms with van der Waals surface area (Å²) in [7, 11) is 0. The van der Waals surface area contributed by atoms with E-state index in [0.29, 0.717) is 17.9 Å². The summed E-state index contributed by atoms with van der Waals surface area (Å²) in [4.78, 5) is 35.2. The molecule has 0 aliphatic heterocycles. The Morgan fingerprint density at radius 1 is 1.38 bits per heavy atom. The topological polar surface area (TPSA) is 122 Å². The van der Waals surface area contributed by atoms with Crippen molar-refractivity contribution in [3.8, 4) is 0 Å². The summed E-state index contributed by atoms with van der Waals surface area (Å²) in [5.41, 5.74) is 6.23. The molecule has 1 aromatic rings. The molecule has 0 aliphatic rings. The van der Waals surface area contributed by atoms with Crippen molar-refractivity contribution in [1.82, 2.24) is 5.32 Å². The Morgan fingerprint density at radius 3 is 2.67 bits per heavy atom. The average molecular weight is 371 g/mol. The molecular weight excluding hydrogens is 350 g/mol. The number of nitrogens with one attached hydrogen (secondary N) is 2. The Kier molecular flexibility index (Phi) is 8.66.